The minimum absolute atomic E-state index is 0.196. The molecule has 31 heavy (non-hydrogen) atoms. The average Bonchev–Trinajstić information content (AvgIpc) is 3.22. The van der Waals surface area contributed by atoms with Crippen LogP contribution in [0, 0.1) is 13.8 Å². The molecule has 0 spiro atoms. The Morgan fingerprint density at radius 1 is 0.903 bits per heavy atom. The van der Waals surface area contributed by atoms with E-state index < -0.39 is 10.0 Å². The third-order valence-corrected chi connectivity index (χ3v) is 6.46. The Hall–Kier alpha value is -3.52. The molecule has 0 radical (unpaired) electrons. The second-order valence-corrected chi connectivity index (χ2v) is 8.98. The smallest absolute Gasteiger partial charge is 0.261 e. The molecule has 0 unspecified atom stereocenters. The topological polar surface area (TPSA) is 93.7 Å². The summed E-state index contributed by atoms with van der Waals surface area (Å²) in [4.78, 5) is 12.6. The highest BCUT2D eigenvalue weighted by atomic mass is 32.2. The van der Waals surface area contributed by atoms with Gasteiger partial charge in [0.25, 0.3) is 15.9 Å². The molecule has 1 aliphatic rings. The Morgan fingerprint density at radius 3 is 2.39 bits per heavy atom. The highest BCUT2D eigenvalue weighted by Crippen LogP contribution is 2.32. The van der Waals surface area contributed by atoms with Gasteiger partial charge in [0.2, 0.25) is 6.79 Å². The number of amides is 1. The van der Waals surface area contributed by atoms with Gasteiger partial charge in [-0.1, -0.05) is 12.1 Å². The number of hydrogen-bond donors (Lipinski definition) is 2. The van der Waals surface area contributed by atoms with Crippen molar-refractivity contribution in [3.63, 3.8) is 0 Å². The van der Waals surface area contributed by atoms with Crippen LogP contribution in [0.15, 0.2) is 65.6 Å². The number of aryl methyl sites for hydroxylation is 2. The lowest BCUT2D eigenvalue weighted by atomic mass is 10.1. The summed E-state index contributed by atoms with van der Waals surface area (Å²) >= 11 is 0. The standard InChI is InChI=1S/C23H22N2O5S/c1-15-3-9-20(11-16(15)2)31(27,28)25-19-7-5-18(6-8-19)23(26)24-13-17-4-10-21-22(12-17)30-14-29-21/h3-12,25H,13-14H2,1-2H3,(H,24,26). The van der Waals surface area contributed by atoms with Crippen LogP contribution < -0.4 is 19.5 Å². The first-order valence-electron chi connectivity index (χ1n) is 9.69. The predicted molar refractivity (Wildman–Crippen MR) is 117 cm³/mol. The molecule has 0 saturated carbocycles. The molecule has 1 aliphatic heterocycles. The normalized spacial score (nSPS) is 12.5. The van der Waals surface area contributed by atoms with Gasteiger partial charge in [0.1, 0.15) is 0 Å². The predicted octanol–water partition coefficient (Wildman–Crippen LogP) is 3.76. The summed E-state index contributed by atoms with van der Waals surface area (Å²) in [6, 6.07) is 16.8. The van der Waals surface area contributed by atoms with Crippen molar-refractivity contribution in [2.75, 3.05) is 11.5 Å². The number of ether oxygens (including phenoxy) is 2. The summed E-state index contributed by atoms with van der Waals surface area (Å²) in [7, 11) is -3.71. The van der Waals surface area contributed by atoms with Crippen LogP contribution in [0.2, 0.25) is 0 Å². The van der Waals surface area contributed by atoms with Crippen molar-refractivity contribution in [2.45, 2.75) is 25.3 Å². The molecular weight excluding hydrogens is 416 g/mol. The number of carbonyl (C=O) groups excluding carboxylic acids is 1. The molecule has 4 rings (SSSR count). The van der Waals surface area contributed by atoms with E-state index in [1.54, 1.807) is 48.5 Å². The van der Waals surface area contributed by atoms with Crippen molar-refractivity contribution in [2.24, 2.45) is 0 Å². The molecule has 0 aromatic heterocycles. The molecule has 8 heteroatoms. The second kappa shape index (κ2) is 8.31. The summed E-state index contributed by atoms with van der Waals surface area (Å²) in [6.45, 7) is 4.32. The van der Waals surface area contributed by atoms with Crippen molar-refractivity contribution in [3.8, 4) is 11.5 Å². The number of benzene rings is 3. The van der Waals surface area contributed by atoms with Crippen LogP contribution in [0.4, 0.5) is 5.69 Å². The lowest BCUT2D eigenvalue weighted by Crippen LogP contribution is -2.22. The molecule has 2 N–H and O–H groups in total. The Balaban J connectivity index is 1.39. The highest BCUT2D eigenvalue weighted by Gasteiger charge is 2.16. The first kappa shape index (κ1) is 20.7. The third kappa shape index (κ3) is 4.64. The van der Waals surface area contributed by atoms with Gasteiger partial charge in [-0.15, -0.1) is 0 Å². The number of sulfonamides is 1. The van der Waals surface area contributed by atoms with Gasteiger partial charge in [-0.25, -0.2) is 8.42 Å². The van der Waals surface area contributed by atoms with Crippen LogP contribution in [0.25, 0.3) is 0 Å². The van der Waals surface area contributed by atoms with Crippen molar-refractivity contribution < 1.29 is 22.7 Å². The number of nitrogens with one attached hydrogen (secondary N) is 2. The van der Waals surface area contributed by atoms with E-state index in [0.29, 0.717) is 29.3 Å². The summed E-state index contributed by atoms with van der Waals surface area (Å²) < 4.78 is 38.4. The number of carbonyl (C=O) groups is 1. The van der Waals surface area contributed by atoms with E-state index in [4.69, 9.17) is 9.47 Å². The van der Waals surface area contributed by atoms with E-state index in [1.807, 2.05) is 26.0 Å². The fourth-order valence-corrected chi connectivity index (χ4v) is 4.26. The fourth-order valence-electron chi connectivity index (χ4n) is 3.12. The lowest BCUT2D eigenvalue weighted by molar-refractivity contribution is 0.0951. The quantitative estimate of drug-likeness (QED) is 0.611. The van der Waals surface area contributed by atoms with Crippen molar-refractivity contribution in [1.82, 2.24) is 5.32 Å². The zero-order valence-electron chi connectivity index (χ0n) is 17.1. The summed E-state index contributed by atoms with van der Waals surface area (Å²) in [5.74, 6) is 1.09. The van der Waals surface area contributed by atoms with Crippen LogP contribution >= 0.6 is 0 Å². The average molecular weight is 439 g/mol. The Bertz CT molecular complexity index is 1240. The van der Waals surface area contributed by atoms with E-state index >= 15 is 0 Å². The molecular formula is C23H22N2O5S. The van der Waals surface area contributed by atoms with Gasteiger partial charge in [0, 0.05) is 17.8 Å². The molecule has 160 valence electrons. The molecule has 1 amide bonds. The molecule has 7 nitrogen and oxygen atoms in total. The Labute approximate surface area is 181 Å². The third-order valence-electron chi connectivity index (χ3n) is 5.08. The van der Waals surface area contributed by atoms with Crippen LogP contribution in [0.3, 0.4) is 0 Å². The first-order valence-corrected chi connectivity index (χ1v) is 11.2. The van der Waals surface area contributed by atoms with E-state index in [2.05, 4.69) is 10.0 Å². The SMILES string of the molecule is Cc1ccc(S(=O)(=O)Nc2ccc(C(=O)NCc3ccc4c(c3)OCO4)cc2)cc1C. The number of anilines is 1. The van der Waals surface area contributed by atoms with Gasteiger partial charge in [0.15, 0.2) is 11.5 Å². The Morgan fingerprint density at radius 2 is 1.65 bits per heavy atom. The fraction of sp³-hybridized carbons (Fsp3) is 0.174. The Kier molecular flexibility index (Phi) is 5.56. The van der Waals surface area contributed by atoms with E-state index in [1.165, 1.54) is 0 Å². The first-order chi connectivity index (χ1) is 14.8. The van der Waals surface area contributed by atoms with E-state index in [-0.39, 0.29) is 17.6 Å². The maximum Gasteiger partial charge on any atom is 0.261 e. The van der Waals surface area contributed by atoms with Gasteiger partial charge in [0.05, 0.1) is 4.90 Å². The zero-order valence-corrected chi connectivity index (χ0v) is 18.0. The molecule has 0 fully saturated rings. The second-order valence-electron chi connectivity index (χ2n) is 7.30. The van der Waals surface area contributed by atoms with Gasteiger partial charge >= 0.3 is 0 Å². The number of hydrogen-bond acceptors (Lipinski definition) is 5. The maximum atomic E-state index is 12.6. The van der Waals surface area contributed by atoms with Gasteiger partial charge < -0.3 is 14.8 Å². The maximum absolute atomic E-state index is 12.6. The minimum atomic E-state index is -3.71. The van der Waals surface area contributed by atoms with Crippen LogP contribution in [-0.4, -0.2) is 21.1 Å². The summed E-state index contributed by atoms with van der Waals surface area (Å²) in [6.07, 6.45) is 0. The van der Waals surface area contributed by atoms with Crippen molar-refractivity contribution >= 4 is 21.6 Å². The molecule has 0 atom stereocenters. The van der Waals surface area contributed by atoms with E-state index in [0.717, 1.165) is 16.7 Å². The van der Waals surface area contributed by atoms with Crippen LogP contribution in [0.5, 0.6) is 11.5 Å². The van der Waals surface area contributed by atoms with Crippen LogP contribution in [0.1, 0.15) is 27.0 Å². The molecule has 0 aliphatic carbocycles. The largest absolute Gasteiger partial charge is 0.454 e. The van der Waals surface area contributed by atoms with Gasteiger partial charge in [-0.3, -0.25) is 9.52 Å². The molecule has 0 bridgehead atoms. The van der Waals surface area contributed by atoms with Crippen molar-refractivity contribution in [1.29, 1.82) is 0 Å². The monoisotopic (exact) mass is 438 g/mol. The molecule has 3 aromatic carbocycles. The molecule has 0 saturated heterocycles. The number of rotatable bonds is 6. The molecule has 3 aromatic rings. The summed E-state index contributed by atoms with van der Waals surface area (Å²) in [5.41, 5.74) is 3.61. The molecule has 1 heterocycles. The van der Waals surface area contributed by atoms with E-state index in [9.17, 15) is 13.2 Å². The lowest BCUT2D eigenvalue weighted by Gasteiger charge is -2.11. The summed E-state index contributed by atoms with van der Waals surface area (Å²) in [5, 5.41) is 2.84. The zero-order chi connectivity index (χ0) is 22.0. The highest BCUT2D eigenvalue weighted by molar-refractivity contribution is 7.92. The van der Waals surface area contributed by atoms with Crippen molar-refractivity contribution in [3.05, 3.63) is 82.9 Å². The minimum Gasteiger partial charge on any atom is -0.454 e. The number of fused-ring (bicyclic) bond motifs is 1. The van der Waals surface area contributed by atoms with Gasteiger partial charge in [-0.05, 0) is 79.1 Å². The van der Waals surface area contributed by atoms with Gasteiger partial charge in [-0.2, -0.15) is 0 Å². The van der Waals surface area contributed by atoms with Crippen LogP contribution in [-0.2, 0) is 16.6 Å².